The molecule has 1 N–H and O–H groups in total. The van der Waals surface area contributed by atoms with E-state index in [2.05, 4.69) is 10.1 Å². The summed E-state index contributed by atoms with van der Waals surface area (Å²) in [6.45, 7) is -2.18. The molecule has 0 heterocycles. The number of carbonyl (C=O) groups excluding carboxylic acids is 2. The molecule has 0 aliphatic rings. The normalized spacial score (nSPS) is 11.1. The Morgan fingerprint density at radius 3 is 2.72 bits per heavy atom. The van der Waals surface area contributed by atoms with Gasteiger partial charge in [0.05, 0.1) is 0 Å². The molecule has 7 heteroatoms. The molecule has 0 aliphatic heterocycles. The molecule has 0 spiro atoms. The molecule has 4 nitrogen and oxygen atoms in total. The van der Waals surface area contributed by atoms with Gasteiger partial charge in [-0.2, -0.15) is 13.2 Å². The number of carbonyl (C=O) groups is 2. The van der Waals surface area contributed by atoms with E-state index in [-0.39, 0.29) is 0 Å². The van der Waals surface area contributed by atoms with Gasteiger partial charge in [0.25, 0.3) is 0 Å². The number of halogens is 3. The van der Waals surface area contributed by atoms with Gasteiger partial charge in [0.1, 0.15) is 19.5 Å². The number of ether oxygens (including phenoxy) is 1. The number of rotatable bonds is 5. The van der Waals surface area contributed by atoms with Crippen molar-refractivity contribution in [2.45, 2.75) is 6.18 Å². The first-order valence-corrected chi connectivity index (χ1v) is 4.90. The van der Waals surface area contributed by atoms with Crippen molar-refractivity contribution in [3.63, 3.8) is 0 Å². The van der Waals surface area contributed by atoms with Gasteiger partial charge in [-0.25, -0.2) is 0 Å². The molecule has 0 unspecified atom stereocenters. The smallest absolute Gasteiger partial charge is 0.362 e. The molecule has 1 rings (SSSR count). The summed E-state index contributed by atoms with van der Waals surface area (Å²) in [5.74, 6) is -0.720. The number of benzene rings is 1. The van der Waals surface area contributed by atoms with E-state index in [1.165, 1.54) is 24.3 Å². The lowest BCUT2D eigenvalue weighted by Crippen LogP contribution is -2.24. The first kappa shape index (κ1) is 14.2. The quantitative estimate of drug-likeness (QED) is 0.825. The predicted molar refractivity (Wildman–Crippen MR) is 57.3 cm³/mol. The number of anilines is 1. The zero-order valence-electron chi connectivity index (χ0n) is 9.16. The summed E-state index contributed by atoms with van der Waals surface area (Å²) in [7, 11) is 0. The third-order valence-corrected chi connectivity index (χ3v) is 1.81. The Morgan fingerprint density at radius 2 is 2.11 bits per heavy atom. The fourth-order valence-electron chi connectivity index (χ4n) is 1.15. The van der Waals surface area contributed by atoms with Crippen LogP contribution in [0.2, 0.25) is 0 Å². The van der Waals surface area contributed by atoms with E-state index in [4.69, 9.17) is 0 Å². The van der Waals surface area contributed by atoms with Gasteiger partial charge in [-0.1, -0.05) is 12.1 Å². The Labute approximate surface area is 101 Å². The molecule has 18 heavy (non-hydrogen) atoms. The molecule has 0 bridgehead atoms. The Balaban J connectivity index is 2.42. The first-order valence-electron chi connectivity index (χ1n) is 4.90. The maximum atomic E-state index is 11.7. The minimum Gasteiger partial charge on any atom is -0.362 e. The van der Waals surface area contributed by atoms with Crippen LogP contribution in [0.5, 0.6) is 0 Å². The highest BCUT2D eigenvalue weighted by Crippen LogP contribution is 2.14. The lowest BCUT2D eigenvalue weighted by molar-refractivity contribution is -0.174. The molecule has 1 aromatic carbocycles. The average molecular weight is 261 g/mol. The standard InChI is InChI=1S/C11H10F3NO3/c12-11(13,14)7-18-6-10(17)15-9-3-1-2-8(4-9)5-16/h1-5H,6-7H2,(H,15,17). The molecule has 0 aliphatic carbocycles. The van der Waals surface area contributed by atoms with Crippen molar-refractivity contribution in [2.75, 3.05) is 18.5 Å². The van der Waals surface area contributed by atoms with Crippen LogP contribution in [-0.4, -0.2) is 31.6 Å². The summed E-state index contributed by atoms with van der Waals surface area (Å²) in [5.41, 5.74) is 0.671. The lowest BCUT2D eigenvalue weighted by atomic mass is 10.2. The molecule has 0 aromatic heterocycles. The number of alkyl halides is 3. The maximum absolute atomic E-state index is 11.7. The van der Waals surface area contributed by atoms with Crippen LogP contribution in [0.1, 0.15) is 10.4 Å². The van der Waals surface area contributed by atoms with Crippen LogP contribution in [0.3, 0.4) is 0 Å². The Hall–Kier alpha value is -1.89. The number of nitrogens with one attached hydrogen (secondary N) is 1. The number of aldehydes is 1. The van der Waals surface area contributed by atoms with Gasteiger partial charge in [0, 0.05) is 11.3 Å². The van der Waals surface area contributed by atoms with Crippen molar-refractivity contribution in [3.05, 3.63) is 29.8 Å². The van der Waals surface area contributed by atoms with Crippen LogP contribution in [0.15, 0.2) is 24.3 Å². The van der Waals surface area contributed by atoms with Crippen molar-refractivity contribution in [3.8, 4) is 0 Å². The van der Waals surface area contributed by atoms with Crippen LogP contribution < -0.4 is 5.32 Å². The van der Waals surface area contributed by atoms with E-state index in [1.54, 1.807) is 0 Å². The van der Waals surface area contributed by atoms with Gasteiger partial charge >= 0.3 is 6.18 Å². The van der Waals surface area contributed by atoms with Crippen molar-refractivity contribution >= 4 is 17.9 Å². The Morgan fingerprint density at radius 1 is 1.39 bits per heavy atom. The van der Waals surface area contributed by atoms with E-state index in [0.717, 1.165) is 0 Å². The molecule has 0 saturated carbocycles. The summed E-state index contributed by atoms with van der Waals surface area (Å²) in [6, 6.07) is 5.97. The van der Waals surface area contributed by atoms with E-state index >= 15 is 0 Å². The molecule has 0 radical (unpaired) electrons. The topological polar surface area (TPSA) is 55.4 Å². The van der Waals surface area contributed by atoms with Gasteiger partial charge in [0.15, 0.2) is 0 Å². The van der Waals surface area contributed by atoms with E-state index < -0.39 is 25.3 Å². The predicted octanol–water partition coefficient (Wildman–Crippen LogP) is 2.02. The second-order valence-corrected chi connectivity index (χ2v) is 3.40. The average Bonchev–Trinajstić information content (AvgIpc) is 2.27. The fraction of sp³-hybridized carbons (Fsp3) is 0.273. The molecule has 0 fully saturated rings. The Kier molecular flexibility index (Phi) is 4.85. The van der Waals surface area contributed by atoms with Crippen molar-refractivity contribution in [1.82, 2.24) is 0 Å². The molecule has 0 saturated heterocycles. The zero-order valence-corrected chi connectivity index (χ0v) is 9.16. The second kappa shape index (κ2) is 6.15. The molecule has 98 valence electrons. The van der Waals surface area contributed by atoms with Crippen LogP contribution in [0, 0.1) is 0 Å². The summed E-state index contributed by atoms with van der Waals surface area (Å²) < 4.78 is 39.4. The lowest BCUT2D eigenvalue weighted by Gasteiger charge is -2.08. The second-order valence-electron chi connectivity index (χ2n) is 3.40. The molecular formula is C11H10F3NO3. The van der Waals surface area contributed by atoms with Crippen LogP contribution in [0.4, 0.5) is 18.9 Å². The van der Waals surface area contributed by atoms with Gasteiger partial charge < -0.3 is 10.1 Å². The molecule has 1 aromatic rings. The van der Waals surface area contributed by atoms with Crippen molar-refractivity contribution < 1.29 is 27.5 Å². The van der Waals surface area contributed by atoms with Gasteiger partial charge in [-0.15, -0.1) is 0 Å². The van der Waals surface area contributed by atoms with Crippen LogP contribution >= 0.6 is 0 Å². The molecule has 0 atom stereocenters. The SMILES string of the molecule is O=Cc1cccc(NC(=O)COCC(F)(F)F)c1. The maximum Gasteiger partial charge on any atom is 0.411 e. The third-order valence-electron chi connectivity index (χ3n) is 1.81. The highest BCUT2D eigenvalue weighted by atomic mass is 19.4. The highest BCUT2D eigenvalue weighted by Gasteiger charge is 2.27. The number of hydrogen-bond acceptors (Lipinski definition) is 3. The summed E-state index contributed by atoms with van der Waals surface area (Å²) >= 11 is 0. The van der Waals surface area contributed by atoms with E-state index in [0.29, 0.717) is 17.5 Å². The third kappa shape index (κ3) is 5.44. The van der Waals surface area contributed by atoms with Crippen LogP contribution in [-0.2, 0) is 9.53 Å². The fourth-order valence-corrected chi connectivity index (χ4v) is 1.15. The zero-order chi connectivity index (χ0) is 13.6. The van der Waals surface area contributed by atoms with Crippen molar-refractivity contribution in [1.29, 1.82) is 0 Å². The number of amides is 1. The largest absolute Gasteiger partial charge is 0.411 e. The van der Waals surface area contributed by atoms with Gasteiger partial charge in [-0.05, 0) is 12.1 Å². The minimum absolute atomic E-state index is 0.320. The van der Waals surface area contributed by atoms with Crippen molar-refractivity contribution in [2.24, 2.45) is 0 Å². The first-order chi connectivity index (χ1) is 8.40. The summed E-state index contributed by atoms with van der Waals surface area (Å²) in [6.07, 6.45) is -3.87. The Bertz CT molecular complexity index is 432. The van der Waals surface area contributed by atoms with Crippen LogP contribution in [0.25, 0.3) is 0 Å². The summed E-state index contributed by atoms with van der Waals surface area (Å²) in [4.78, 5) is 21.7. The monoisotopic (exact) mass is 261 g/mol. The number of hydrogen-bond donors (Lipinski definition) is 1. The molecular weight excluding hydrogens is 251 g/mol. The highest BCUT2D eigenvalue weighted by molar-refractivity contribution is 5.92. The van der Waals surface area contributed by atoms with E-state index in [9.17, 15) is 22.8 Å². The molecule has 1 amide bonds. The van der Waals surface area contributed by atoms with Gasteiger partial charge in [-0.3, -0.25) is 9.59 Å². The van der Waals surface area contributed by atoms with E-state index in [1.807, 2.05) is 0 Å². The summed E-state index contributed by atoms with van der Waals surface area (Å²) in [5, 5.41) is 2.31. The van der Waals surface area contributed by atoms with Gasteiger partial charge in [0.2, 0.25) is 5.91 Å². The minimum atomic E-state index is -4.46.